The van der Waals surface area contributed by atoms with Crippen molar-refractivity contribution in [3.63, 3.8) is 0 Å². The van der Waals surface area contributed by atoms with Crippen LogP contribution in [0.5, 0.6) is 0 Å². The average Bonchev–Trinajstić information content (AvgIpc) is 2.26. The van der Waals surface area contributed by atoms with Crippen molar-refractivity contribution in [1.82, 2.24) is 9.97 Å². The van der Waals surface area contributed by atoms with Crippen LogP contribution < -0.4 is 17.0 Å². The second-order valence-electron chi connectivity index (χ2n) is 3.17. The Morgan fingerprint density at radius 1 is 1.33 bits per heavy atom. The molecular formula is C9H13N3O6. The first-order chi connectivity index (χ1) is 8.32. The summed E-state index contributed by atoms with van der Waals surface area (Å²) in [5.74, 6) is -2.20. The Bertz CT molecular complexity index is 480. The lowest BCUT2D eigenvalue weighted by atomic mass is 10.2. The highest BCUT2D eigenvalue weighted by Gasteiger charge is 2.12. The maximum absolute atomic E-state index is 10.2. The van der Waals surface area contributed by atoms with Gasteiger partial charge >= 0.3 is 17.6 Å². The number of H-pyrrole nitrogens is 2. The maximum atomic E-state index is 10.2. The molecule has 0 radical (unpaired) electrons. The molecule has 1 atom stereocenters. The normalized spacial score (nSPS) is 10.9. The van der Waals surface area contributed by atoms with Crippen molar-refractivity contribution >= 4 is 11.9 Å². The molecule has 0 amide bonds. The molecule has 1 heterocycles. The van der Waals surface area contributed by atoms with E-state index < -0.39 is 23.7 Å². The van der Waals surface area contributed by atoms with E-state index in [1.807, 2.05) is 4.98 Å². The molecule has 1 rings (SSSR count). The number of nitrogens with one attached hydrogen (secondary N) is 2. The van der Waals surface area contributed by atoms with Crippen LogP contribution in [0.1, 0.15) is 12.8 Å². The Hall–Kier alpha value is -2.42. The Balaban J connectivity index is 0.000000327. The lowest BCUT2D eigenvalue weighted by molar-refractivity contribution is -0.139. The molecule has 0 spiro atoms. The SMILES string of the molecule is N[C@H](CCC(=O)O)C(=O)O.O=c1cc[nH]c(=O)[nH]1. The Morgan fingerprint density at radius 2 is 1.94 bits per heavy atom. The molecule has 0 aromatic carbocycles. The lowest BCUT2D eigenvalue weighted by Crippen LogP contribution is -2.30. The maximum Gasteiger partial charge on any atom is 0.325 e. The number of rotatable bonds is 4. The number of carboxylic acids is 2. The minimum atomic E-state index is -1.17. The molecular weight excluding hydrogens is 246 g/mol. The Labute approximate surface area is 100 Å². The fourth-order valence-electron chi connectivity index (χ4n) is 0.785. The summed E-state index contributed by atoms with van der Waals surface area (Å²) in [5.41, 5.74) is 4.15. The molecule has 1 aromatic rings. The van der Waals surface area contributed by atoms with E-state index in [4.69, 9.17) is 15.9 Å². The highest BCUT2D eigenvalue weighted by Crippen LogP contribution is 1.93. The van der Waals surface area contributed by atoms with Crippen molar-refractivity contribution in [3.05, 3.63) is 33.1 Å². The van der Waals surface area contributed by atoms with Gasteiger partial charge in [0, 0.05) is 18.7 Å². The van der Waals surface area contributed by atoms with E-state index in [9.17, 15) is 19.2 Å². The van der Waals surface area contributed by atoms with Crippen LogP contribution in [0.15, 0.2) is 21.9 Å². The fourth-order valence-corrected chi connectivity index (χ4v) is 0.785. The zero-order chi connectivity index (χ0) is 14.1. The topological polar surface area (TPSA) is 166 Å². The van der Waals surface area contributed by atoms with Crippen LogP contribution >= 0.6 is 0 Å². The van der Waals surface area contributed by atoms with Crippen molar-refractivity contribution in [1.29, 1.82) is 0 Å². The third-order valence-corrected chi connectivity index (χ3v) is 1.67. The van der Waals surface area contributed by atoms with Gasteiger partial charge in [-0.25, -0.2) is 4.79 Å². The van der Waals surface area contributed by atoms with Gasteiger partial charge in [-0.05, 0) is 6.42 Å². The molecule has 18 heavy (non-hydrogen) atoms. The van der Waals surface area contributed by atoms with Crippen molar-refractivity contribution in [3.8, 4) is 0 Å². The quantitative estimate of drug-likeness (QED) is 0.430. The molecule has 0 unspecified atom stereocenters. The molecule has 0 fully saturated rings. The van der Waals surface area contributed by atoms with E-state index in [1.54, 1.807) is 0 Å². The summed E-state index contributed by atoms with van der Waals surface area (Å²) in [4.78, 5) is 44.5. The van der Waals surface area contributed by atoms with Gasteiger partial charge in [-0.2, -0.15) is 0 Å². The first kappa shape index (κ1) is 15.6. The molecule has 6 N–H and O–H groups in total. The second kappa shape index (κ2) is 7.79. The van der Waals surface area contributed by atoms with Crippen LogP contribution in [0.4, 0.5) is 0 Å². The molecule has 100 valence electrons. The summed E-state index contributed by atoms with van der Waals surface area (Å²) >= 11 is 0. The van der Waals surface area contributed by atoms with Gasteiger partial charge in [-0.15, -0.1) is 0 Å². The highest BCUT2D eigenvalue weighted by molar-refractivity contribution is 5.74. The van der Waals surface area contributed by atoms with Crippen LogP contribution in [0.3, 0.4) is 0 Å². The van der Waals surface area contributed by atoms with E-state index in [1.165, 1.54) is 12.3 Å². The molecule has 0 aliphatic carbocycles. The van der Waals surface area contributed by atoms with Crippen molar-refractivity contribution < 1.29 is 19.8 Å². The van der Waals surface area contributed by atoms with Crippen LogP contribution in [0.2, 0.25) is 0 Å². The van der Waals surface area contributed by atoms with E-state index in [0.29, 0.717) is 0 Å². The van der Waals surface area contributed by atoms with Crippen LogP contribution in [0, 0.1) is 0 Å². The van der Waals surface area contributed by atoms with Crippen molar-refractivity contribution in [2.75, 3.05) is 0 Å². The second-order valence-corrected chi connectivity index (χ2v) is 3.17. The Morgan fingerprint density at radius 3 is 2.28 bits per heavy atom. The van der Waals surface area contributed by atoms with E-state index in [-0.39, 0.29) is 18.4 Å². The Kier molecular flexibility index (Phi) is 6.74. The number of aliphatic carboxylic acids is 2. The molecule has 0 saturated carbocycles. The zero-order valence-electron chi connectivity index (χ0n) is 9.25. The van der Waals surface area contributed by atoms with Gasteiger partial charge in [-0.3, -0.25) is 19.4 Å². The smallest absolute Gasteiger partial charge is 0.325 e. The first-order valence-corrected chi connectivity index (χ1v) is 4.81. The third kappa shape index (κ3) is 7.82. The van der Waals surface area contributed by atoms with E-state index >= 15 is 0 Å². The number of carboxylic acid groups (broad SMARTS) is 2. The van der Waals surface area contributed by atoms with Crippen molar-refractivity contribution in [2.24, 2.45) is 5.73 Å². The van der Waals surface area contributed by atoms with E-state index in [2.05, 4.69) is 4.98 Å². The van der Waals surface area contributed by atoms with Gasteiger partial charge in [0.2, 0.25) is 0 Å². The molecule has 9 nitrogen and oxygen atoms in total. The van der Waals surface area contributed by atoms with E-state index in [0.717, 1.165) is 0 Å². The third-order valence-electron chi connectivity index (χ3n) is 1.67. The van der Waals surface area contributed by atoms with Crippen LogP contribution in [-0.4, -0.2) is 38.2 Å². The van der Waals surface area contributed by atoms with Crippen molar-refractivity contribution in [2.45, 2.75) is 18.9 Å². The highest BCUT2D eigenvalue weighted by atomic mass is 16.4. The van der Waals surface area contributed by atoms with Crippen LogP contribution in [-0.2, 0) is 9.59 Å². The minimum Gasteiger partial charge on any atom is -0.481 e. The summed E-state index contributed by atoms with van der Waals surface area (Å²) in [6.07, 6.45) is 1.07. The largest absolute Gasteiger partial charge is 0.481 e. The molecule has 1 aromatic heterocycles. The fraction of sp³-hybridized carbons (Fsp3) is 0.333. The van der Waals surface area contributed by atoms with Gasteiger partial charge in [0.25, 0.3) is 5.56 Å². The molecule has 0 bridgehead atoms. The molecule has 9 heteroatoms. The van der Waals surface area contributed by atoms with Gasteiger partial charge < -0.3 is 20.9 Å². The number of carbonyl (C=O) groups is 2. The molecule has 0 aliphatic heterocycles. The lowest BCUT2D eigenvalue weighted by Gasteiger charge is -2.01. The predicted octanol–water partition coefficient (Wildman–Crippen LogP) is -1.67. The number of hydrogen-bond acceptors (Lipinski definition) is 5. The van der Waals surface area contributed by atoms with Gasteiger partial charge in [0.1, 0.15) is 6.04 Å². The number of aromatic nitrogens is 2. The minimum absolute atomic E-state index is 0.0231. The first-order valence-electron chi connectivity index (χ1n) is 4.81. The summed E-state index contributed by atoms with van der Waals surface area (Å²) in [6.45, 7) is 0. The van der Waals surface area contributed by atoms with Gasteiger partial charge in [0.15, 0.2) is 0 Å². The molecule has 0 saturated heterocycles. The standard InChI is InChI=1S/C5H9NO4.C4H4N2O2/c6-3(5(9)10)1-2-4(7)8;7-3-1-2-5-4(8)6-3/h3H,1-2,6H2,(H,7,8)(H,9,10);1-2H,(H2,5,6,7,8)/t3-;/m1./s1. The number of hydrogen-bond donors (Lipinski definition) is 5. The van der Waals surface area contributed by atoms with Gasteiger partial charge in [0.05, 0.1) is 0 Å². The number of nitrogens with two attached hydrogens (primary N) is 1. The summed E-state index contributed by atoms with van der Waals surface area (Å²) in [5, 5.41) is 16.3. The average molecular weight is 259 g/mol. The monoisotopic (exact) mass is 259 g/mol. The number of aromatic amines is 2. The predicted molar refractivity (Wildman–Crippen MR) is 60.2 cm³/mol. The summed E-state index contributed by atoms with van der Waals surface area (Å²) in [7, 11) is 0. The zero-order valence-corrected chi connectivity index (χ0v) is 9.25. The summed E-state index contributed by atoms with van der Waals surface area (Å²) in [6, 6.07) is 0.178. The summed E-state index contributed by atoms with van der Waals surface area (Å²) < 4.78 is 0. The van der Waals surface area contributed by atoms with Gasteiger partial charge in [-0.1, -0.05) is 0 Å². The molecule has 0 aliphatic rings. The van der Waals surface area contributed by atoms with Crippen LogP contribution in [0.25, 0.3) is 0 Å².